The Balaban J connectivity index is 1.63. The molecule has 0 spiro atoms. The van der Waals surface area contributed by atoms with Gasteiger partial charge in [0.15, 0.2) is 0 Å². The molecule has 2 aliphatic rings. The Morgan fingerprint density at radius 2 is 1.29 bits per heavy atom. The van der Waals surface area contributed by atoms with Gasteiger partial charge in [0.2, 0.25) is 0 Å². The van der Waals surface area contributed by atoms with E-state index in [1.165, 1.54) is 32.3 Å². The number of benzene rings is 3. The molecule has 1 fully saturated rings. The second-order valence-corrected chi connectivity index (χ2v) is 14.1. The van der Waals surface area contributed by atoms with E-state index in [4.69, 9.17) is 9.31 Å². The Bertz CT molecular complexity index is 1100. The van der Waals surface area contributed by atoms with Crippen LogP contribution >= 0.6 is 0 Å². The molecule has 0 unspecified atom stereocenters. The summed E-state index contributed by atoms with van der Waals surface area (Å²) in [5, 5.41) is 5.67. The maximum Gasteiger partial charge on any atom is 0.494 e. The third-order valence-corrected chi connectivity index (χ3v) is 10.6. The molecule has 0 aliphatic carbocycles. The van der Waals surface area contributed by atoms with Gasteiger partial charge < -0.3 is 9.31 Å². The highest BCUT2D eigenvalue weighted by molar-refractivity contribution is 7.04. The van der Waals surface area contributed by atoms with Gasteiger partial charge in [-0.1, -0.05) is 61.6 Å². The lowest BCUT2D eigenvalue weighted by Crippen LogP contribution is -2.51. The summed E-state index contributed by atoms with van der Waals surface area (Å²) in [6.07, 6.45) is 0. The SMILES string of the molecule is CC1(C)OB(c2ccc3c(c2)[Si](C)(C)c2cc4ccccc4cc2-3)OC1(C)C. The van der Waals surface area contributed by atoms with E-state index in [1.54, 1.807) is 0 Å². The molecule has 0 amide bonds. The molecule has 0 bridgehead atoms. The van der Waals surface area contributed by atoms with Crippen LogP contribution in [0.3, 0.4) is 0 Å². The van der Waals surface area contributed by atoms with Crippen molar-refractivity contribution < 1.29 is 9.31 Å². The van der Waals surface area contributed by atoms with Gasteiger partial charge in [0.05, 0.1) is 11.2 Å². The van der Waals surface area contributed by atoms with Gasteiger partial charge in [-0.2, -0.15) is 0 Å². The van der Waals surface area contributed by atoms with Gasteiger partial charge in [0.1, 0.15) is 8.07 Å². The maximum absolute atomic E-state index is 6.31. The van der Waals surface area contributed by atoms with Crippen molar-refractivity contribution in [2.45, 2.75) is 52.0 Å². The molecule has 3 aromatic carbocycles. The Morgan fingerprint density at radius 1 is 0.714 bits per heavy atom. The van der Waals surface area contributed by atoms with Gasteiger partial charge in [-0.15, -0.1) is 0 Å². The highest BCUT2D eigenvalue weighted by Crippen LogP contribution is 2.37. The molecule has 4 heteroatoms. The molecule has 5 rings (SSSR count). The van der Waals surface area contributed by atoms with Crippen LogP contribution in [0, 0.1) is 0 Å². The standard InChI is InChI=1S/C24H27BO2Si/c1-23(2)24(3,4)27-25(26-23)18-11-12-19-20-13-16-9-7-8-10-17(16)14-21(20)28(5,6)22(19)15-18/h7-15H,1-6H3. The van der Waals surface area contributed by atoms with E-state index in [-0.39, 0.29) is 18.3 Å². The lowest BCUT2D eigenvalue weighted by atomic mass is 9.78. The molecule has 28 heavy (non-hydrogen) atoms. The van der Waals surface area contributed by atoms with Gasteiger partial charge in [0.25, 0.3) is 0 Å². The average Bonchev–Trinajstić information content (AvgIpc) is 2.99. The monoisotopic (exact) mass is 386 g/mol. The van der Waals surface area contributed by atoms with Gasteiger partial charge in [-0.25, -0.2) is 0 Å². The normalized spacial score (nSPS) is 21.0. The topological polar surface area (TPSA) is 18.5 Å². The van der Waals surface area contributed by atoms with Crippen LogP contribution in [0.1, 0.15) is 27.7 Å². The van der Waals surface area contributed by atoms with Gasteiger partial charge in [-0.05, 0) is 71.5 Å². The molecule has 0 radical (unpaired) electrons. The largest absolute Gasteiger partial charge is 0.494 e. The Hall–Kier alpha value is -1.88. The third-order valence-electron chi connectivity index (χ3n) is 7.09. The van der Waals surface area contributed by atoms with Gasteiger partial charge >= 0.3 is 7.12 Å². The maximum atomic E-state index is 6.31. The smallest absolute Gasteiger partial charge is 0.399 e. The summed E-state index contributed by atoms with van der Waals surface area (Å²) in [5.41, 5.74) is 3.30. The second kappa shape index (κ2) is 5.59. The number of fused-ring (bicyclic) bond motifs is 4. The van der Waals surface area contributed by atoms with Crippen molar-refractivity contribution in [3.05, 3.63) is 54.6 Å². The summed E-state index contributed by atoms with van der Waals surface area (Å²) in [7, 11) is -2.07. The highest BCUT2D eigenvalue weighted by Gasteiger charge is 2.52. The Morgan fingerprint density at radius 3 is 1.93 bits per heavy atom. The van der Waals surface area contributed by atoms with Crippen LogP contribution in [0.5, 0.6) is 0 Å². The van der Waals surface area contributed by atoms with Crippen LogP contribution < -0.4 is 15.8 Å². The zero-order valence-corrected chi connectivity index (χ0v) is 18.6. The lowest BCUT2D eigenvalue weighted by molar-refractivity contribution is 0.00578. The van der Waals surface area contributed by atoms with E-state index < -0.39 is 8.07 Å². The van der Waals surface area contributed by atoms with Crippen molar-refractivity contribution in [2.75, 3.05) is 0 Å². The van der Waals surface area contributed by atoms with Crippen molar-refractivity contribution in [1.29, 1.82) is 0 Å². The summed E-state index contributed by atoms with van der Waals surface area (Å²) in [5.74, 6) is 0. The minimum Gasteiger partial charge on any atom is -0.399 e. The summed E-state index contributed by atoms with van der Waals surface area (Å²) in [4.78, 5) is 0. The number of hydrogen-bond donors (Lipinski definition) is 0. The highest BCUT2D eigenvalue weighted by atomic mass is 28.3. The van der Waals surface area contributed by atoms with Crippen molar-refractivity contribution in [3.63, 3.8) is 0 Å². The molecule has 2 aliphatic heterocycles. The summed E-state index contributed by atoms with van der Waals surface area (Å²) < 4.78 is 12.6. The van der Waals surface area contributed by atoms with E-state index in [9.17, 15) is 0 Å². The van der Waals surface area contributed by atoms with Gasteiger partial charge in [-0.3, -0.25) is 0 Å². The third kappa shape index (κ3) is 2.41. The summed E-state index contributed by atoms with van der Waals surface area (Å²) in [6, 6.07) is 20.3. The van der Waals surface area contributed by atoms with Crippen molar-refractivity contribution in [3.8, 4) is 11.1 Å². The molecule has 142 valence electrons. The summed E-state index contributed by atoms with van der Waals surface area (Å²) in [6.45, 7) is 13.4. The van der Waals surface area contributed by atoms with Crippen molar-refractivity contribution >= 4 is 41.8 Å². The average molecular weight is 386 g/mol. The first-order valence-corrected chi connectivity index (χ1v) is 13.1. The van der Waals surface area contributed by atoms with E-state index in [0.717, 1.165) is 5.46 Å². The molecule has 0 saturated carbocycles. The van der Waals surface area contributed by atoms with Crippen LogP contribution in [0.15, 0.2) is 54.6 Å². The molecular weight excluding hydrogens is 359 g/mol. The molecular formula is C24H27BO2Si. The molecule has 0 aromatic heterocycles. The molecule has 2 nitrogen and oxygen atoms in total. The lowest BCUT2D eigenvalue weighted by Gasteiger charge is -2.32. The first-order chi connectivity index (χ1) is 13.1. The fraction of sp³-hybridized carbons (Fsp3) is 0.333. The minimum absolute atomic E-state index is 0.303. The fourth-order valence-electron chi connectivity index (χ4n) is 4.56. The molecule has 2 heterocycles. The van der Waals surface area contributed by atoms with Crippen molar-refractivity contribution in [1.82, 2.24) is 0 Å². The number of rotatable bonds is 1. The fourth-order valence-corrected chi connectivity index (χ4v) is 7.67. The van der Waals surface area contributed by atoms with Crippen LogP contribution in [-0.2, 0) is 9.31 Å². The predicted octanol–water partition coefficient (Wildman–Crippen LogP) is 3.94. The first-order valence-electron chi connectivity index (χ1n) is 10.1. The molecule has 3 aromatic rings. The van der Waals surface area contributed by atoms with Crippen LogP contribution in [0.4, 0.5) is 0 Å². The predicted molar refractivity (Wildman–Crippen MR) is 122 cm³/mol. The van der Waals surface area contributed by atoms with E-state index in [1.807, 2.05) is 0 Å². The van der Waals surface area contributed by atoms with Crippen LogP contribution in [0.2, 0.25) is 13.1 Å². The Kier molecular flexibility index (Phi) is 3.63. The number of hydrogen-bond acceptors (Lipinski definition) is 2. The van der Waals surface area contributed by atoms with E-state index in [2.05, 4.69) is 95.4 Å². The van der Waals surface area contributed by atoms with Crippen LogP contribution in [0.25, 0.3) is 21.9 Å². The van der Waals surface area contributed by atoms with Gasteiger partial charge in [0, 0.05) is 0 Å². The quantitative estimate of drug-likeness (QED) is 0.590. The van der Waals surface area contributed by atoms with Crippen molar-refractivity contribution in [2.24, 2.45) is 0 Å². The zero-order chi connectivity index (χ0) is 19.9. The van der Waals surface area contributed by atoms with E-state index >= 15 is 0 Å². The first kappa shape index (κ1) is 18.2. The minimum atomic E-state index is -1.76. The molecule has 0 atom stereocenters. The van der Waals surface area contributed by atoms with E-state index in [0.29, 0.717) is 0 Å². The molecule has 1 saturated heterocycles. The van der Waals surface area contributed by atoms with Crippen LogP contribution in [-0.4, -0.2) is 26.4 Å². The molecule has 0 N–H and O–H groups in total. The second-order valence-electron chi connectivity index (χ2n) is 9.76. The Labute approximate surface area is 169 Å². The summed E-state index contributed by atoms with van der Waals surface area (Å²) >= 11 is 0. The zero-order valence-electron chi connectivity index (χ0n) is 17.6.